The van der Waals surface area contributed by atoms with Gasteiger partial charge in [0.1, 0.15) is 0 Å². The fourth-order valence-electron chi connectivity index (χ4n) is 3.22. The van der Waals surface area contributed by atoms with Gasteiger partial charge in [0.2, 0.25) is 5.91 Å². The summed E-state index contributed by atoms with van der Waals surface area (Å²) in [5.41, 5.74) is 3.71. The van der Waals surface area contributed by atoms with Crippen molar-refractivity contribution in [1.82, 2.24) is 19.6 Å². The van der Waals surface area contributed by atoms with Crippen LogP contribution in [0.15, 0.2) is 41.1 Å². The van der Waals surface area contributed by atoms with E-state index < -0.39 is 0 Å². The first-order valence-electron chi connectivity index (χ1n) is 8.39. The molecule has 1 aromatic carbocycles. The Labute approximate surface area is 163 Å². The number of carbonyl (C=O) groups excluding carboxylic acids is 2. The topological polar surface area (TPSA) is 82.8 Å². The van der Waals surface area contributed by atoms with Gasteiger partial charge in [0.15, 0.2) is 11.3 Å². The van der Waals surface area contributed by atoms with Gasteiger partial charge in [-0.25, -0.2) is 14.5 Å². The number of anilines is 2. The minimum absolute atomic E-state index is 0.108. The minimum Gasteiger partial charge on any atom is -0.326 e. The first-order chi connectivity index (χ1) is 12.9. The zero-order valence-electron chi connectivity index (χ0n) is 14.8. The highest BCUT2D eigenvalue weighted by Gasteiger charge is 2.28. The molecule has 0 saturated heterocycles. The SMILES string of the molecule is CC(=O)Nc1ccc2c(c1)CCN(C(=O)c1cc3ncc(Br)cn3n1)N2C. The molecule has 3 heterocycles. The van der Waals surface area contributed by atoms with Crippen LogP contribution < -0.4 is 10.3 Å². The molecule has 3 aromatic rings. The lowest BCUT2D eigenvalue weighted by Gasteiger charge is -2.38. The maximum absolute atomic E-state index is 13.0. The van der Waals surface area contributed by atoms with Crippen molar-refractivity contribution in [2.75, 3.05) is 23.9 Å². The van der Waals surface area contributed by atoms with E-state index in [2.05, 4.69) is 31.3 Å². The van der Waals surface area contributed by atoms with Crippen LogP contribution in [0.1, 0.15) is 23.0 Å². The predicted molar refractivity (Wildman–Crippen MR) is 105 cm³/mol. The average Bonchev–Trinajstić information content (AvgIpc) is 3.04. The molecular weight excluding hydrogens is 412 g/mol. The van der Waals surface area contributed by atoms with Crippen LogP contribution in [0.4, 0.5) is 11.4 Å². The molecule has 0 spiro atoms. The average molecular weight is 429 g/mol. The van der Waals surface area contributed by atoms with Crippen molar-refractivity contribution in [3.05, 3.63) is 52.4 Å². The summed E-state index contributed by atoms with van der Waals surface area (Å²) in [5.74, 6) is -0.293. The van der Waals surface area contributed by atoms with E-state index in [0.29, 0.717) is 24.3 Å². The fraction of sp³-hybridized carbons (Fsp3) is 0.222. The van der Waals surface area contributed by atoms with Gasteiger partial charge in [-0.2, -0.15) is 5.10 Å². The molecule has 9 heteroatoms. The molecule has 1 aliphatic rings. The van der Waals surface area contributed by atoms with Gasteiger partial charge in [0, 0.05) is 44.7 Å². The number of hydrogen-bond donors (Lipinski definition) is 1. The molecular formula is C18H17BrN6O2. The lowest BCUT2D eigenvalue weighted by atomic mass is 10.1. The van der Waals surface area contributed by atoms with E-state index >= 15 is 0 Å². The maximum atomic E-state index is 13.0. The van der Waals surface area contributed by atoms with Gasteiger partial charge in [-0.1, -0.05) is 0 Å². The smallest absolute Gasteiger partial charge is 0.292 e. The van der Waals surface area contributed by atoms with Gasteiger partial charge in [-0.15, -0.1) is 0 Å². The number of nitrogens with one attached hydrogen (secondary N) is 1. The van der Waals surface area contributed by atoms with Gasteiger partial charge in [0.25, 0.3) is 5.91 Å². The van der Waals surface area contributed by atoms with Crippen molar-refractivity contribution in [3.63, 3.8) is 0 Å². The zero-order valence-corrected chi connectivity index (χ0v) is 16.4. The molecule has 0 bridgehead atoms. The molecule has 2 aromatic heterocycles. The second-order valence-corrected chi connectivity index (χ2v) is 7.25. The lowest BCUT2D eigenvalue weighted by molar-refractivity contribution is -0.114. The van der Waals surface area contributed by atoms with E-state index in [1.165, 1.54) is 6.92 Å². The number of fused-ring (bicyclic) bond motifs is 2. The predicted octanol–water partition coefficient (Wildman–Crippen LogP) is 2.50. The Hall–Kier alpha value is -2.94. The van der Waals surface area contributed by atoms with Crippen molar-refractivity contribution < 1.29 is 9.59 Å². The summed E-state index contributed by atoms with van der Waals surface area (Å²) >= 11 is 3.35. The quantitative estimate of drug-likeness (QED) is 0.677. The second kappa shape index (κ2) is 6.66. The van der Waals surface area contributed by atoms with E-state index in [-0.39, 0.29) is 11.8 Å². The largest absolute Gasteiger partial charge is 0.326 e. The Morgan fingerprint density at radius 2 is 2.07 bits per heavy atom. The van der Waals surface area contributed by atoms with Crippen molar-refractivity contribution >= 4 is 44.8 Å². The van der Waals surface area contributed by atoms with E-state index in [1.807, 2.05) is 30.3 Å². The molecule has 0 radical (unpaired) electrons. The summed E-state index contributed by atoms with van der Waals surface area (Å²) in [5, 5.41) is 10.6. The third-order valence-electron chi connectivity index (χ3n) is 4.44. The molecule has 0 saturated carbocycles. The van der Waals surface area contributed by atoms with Gasteiger partial charge in [-0.05, 0) is 46.1 Å². The number of benzene rings is 1. The molecule has 0 aliphatic carbocycles. The summed E-state index contributed by atoms with van der Waals surface area (Å²) in [6.45, 7) is 2.01. The highest BCUT2D eigenvalue weighted by molar-refractivity contribution is 9.10. The number of aromatic nitrogens is 3. The molecule has 27 heavy (non-hydrogen) atoms. The highest BCUT2D eigenvalue weighted by atomic mass is 79.9. The summed E-state index contributed by atoms with van der Waals surface area (Å²) < 4.78 is 2.37. The van der Waals surface area contributed by atoms with Crippen LogP contribution in [0.25, 0.3) is 5.65 Å². The monoisotopic (exact) mass is 428 g/mol. The van der Waals surface area contributed by atoms with Crippen LogP contribution >= 0.6 is 15.9 Å². The van der Waals surface area contributed by atoms with Gasteiger partial charge >= 0.3 is 0 Å². The van der Waals surface area contributed by atoms with Crippen LogP contribution in [0, 0.1) is 0 Å². The summed E-state index contributed by atoms with van der Waals surface area (Å²) in [6, 6.07) is 7.36. The number of nitrogens with zero attached hydrogens (tertiary/aromatic N) is 5. The Kier molecular flexibility index (Phi) is 4.31. The van der Waals surface area contributed by atoms with Gasteiger partial charge in [0.05, 0.1) is 10.2 Å². The third-order valence-corrected chi connectivity index (χ3v) is 4.85. The Morgan fingerprint density at radius 1 is 1.26 bits per heavy atom. The Bertz CT molecular complexity index is 1060. The third kappa shape index (κ3) is 3.25. The zero-order chi connectivity index (χ0) is 19.1. The normalized spacial score (nSPS) is 13.6. The highest BCUT2D eigenvalue weighted by Crippen LogP contribution is 2.30. The number of hydrazine groups is 1. The fourth-order valence-corrected chi connectivity index (χ4v) is 3.51. The van der Waals surface area contributed by atoms with E-state index in [0.717, 1.165) is 21.4 Å². The summed E-state index contributed by atoms with van der Waals surface area (Å²) in [6.07, 6.45) is 4.12. The molecule has 0 fully saturated rings. The molecule has 4 rings (SSSR count). The maximum Gasteiger partial charge on any atom is 0.292 e. The molecule has 138 valence electrons. The molecule has 1 N–H and O–H groups in total. The van der Waals surface area contributed by atoms with Gasteiger partial charge < -0.3 is 5.32 Å². The van der Waals surface area contributed by atoms with Crippen LogP contribution in [-0.2, 0) is 11.2 Å². The lowest BCUT2D eigenvalue weighted by Crippen LogP contribution is -2.48. The Morgan fingerprint density at radius 3 is 2.85 bits per heavy atom. The van der Waals surface area contributed by atoms with Crippen molar-refractivity contribution in [2.45, 2.75) is 13.3 Å². The van der Waals surface area contributed by atoms with Crippen LogP contribution in [0.2, 0.25) is 0 Å². The summed E-state index contributed by atoms with van der Waals surface area (Å²) in [4.78, 5) is 28.5. The van der Waals surface area contributed by atoms with Gasteiger partial charge in [-0.3, -0.25) is 14.6 Å². The number of carbonyl (C=O) groups is 2. The first kappa shape index (κ1) is 17.5. The molecule has 2 amide bonds. The Balaban J connectivity index is 1.61. The van der Waals surface area contributed by atoms with E-state index in [1.54, 1.807) is 28.0 Å². The molecule has 0 unspecified atom stereocenters. The van der Waals surface area contributed by atoms with Crippen LogP contribution in [0.5, 0.6) is 0 Å². The first-order valence-corrected chi connectivity index (χ1v) is 9.18. The second-order valence-electron chi connectivity index (χ2n) is 6.33. The standard InChI is InChI=1S/C18H17BrN6O2/c1-11(26)21-14-3-4-16-12(7-14)5-6-25(23(16)2)18(27)15-8-17-20-9-13(19)10-24(17)22-15/h3-4,7-10H,5-6H2,1-2H3,(H,21,26). The number of amides is 2. The minimum atomic E-state index is -0.185. The molecule has 0 atom stereocenters. The van der Waals surface area contributed by atoms with Crippen LogP contribution in [0.3, 0.4) is 0 Å². The van der Waals surface area contributed by atoms with Crippen LogP contribution in [-0.4, -0.2) is 45.0 Å². The van der Waals surface area contributed by atoms with Crippen molar-refractivity contribution in [2.24, 2.45) is 0 Å². The van der Waals surface area contributed by atoms with Crippen molar-refractivity contribution in [1.29, 1.82) is 0 Å². The van der Waals surface area contributed by atoms with Crippen molar-refractivity contribution in [3.8, 4) is 0 Å². The van der Waals surface area contributed by atoms with E-state index in [9.17, 15) is 9.59 Å². The number of hydrogen-bond acceptors (Lipinski definition) is 5. The number of halogens is 1. The molecule has 8 nitrogen and oxygen atoms in total. The number of rotatable bonds is 2. The molecule has 1 aliphatic heterocycles. The summed E-state index contributed by atoms with van der Waals surface area (Å²) in [7, 11) is 1.85. The van der Waals surface area contributed by atoms with E-state index in [4.69, 9.17) is 0 Å².